The van der Waals surface area contributed by atoms with Crippen LogP contribution >= 0.6 is 0 Å². The van der Waals surface area contributed by atoms with Crippen LogP contribution in [0.2, 0.25) is 0 Å². The Morgan fingerprint density at radius 2 is 1.96 bits per heavy atom. The SMILES string of the molecule is Cc1ccc2c(CCn3cnc4cnccc4c3=O)c(C)[nH]c2c1C. The Balaban J connectivity index is 1.72. The van der Waals surface area contributed by atoms with Gasteiger partial charge in [-0.2, -0.15) is 0 Å². The molecule has 4 aromatic rings. The lowest BCUT2D eigenvalue weighted by Gasteiger charge is -2.07. The van der Waals surface area contributed by atoms with E-state index >= 15 is 0 Å². The predicted molar refractivity (Wildman–Crippen MR) is 100 cm³/mol. The summed E-state index contributed by atoms with van der Waals surface area (Å²) < 4.78 is 1.68. The molecule has 0 atom stereocenters. The summed E-state index contributed by atoms with van der Waals surface area (Å²) in [6.45, 7) is 6.96. The number of benzene rings is 1. The molecule has 0 saturated carbocycles. The number of aromatic nitrogens is 4. The standard InChI is InChI=1S/C20H20N4O/c1-12-4-5-16-15(14(3)23-19(16)13(12)2)7-9-24-11-22-18-10-21-8-6-17(18)20(24)25/h4-6,8,10-11,23H,7,9H2,1-3H3. The summed E-state index contributed by atoms with van der Waals surface area (Å²) in [6.07, 6.45) is 5.65. The number of rotatable bonds is 3. The van der Waals surface area contributed by atoms with Gasteiger partial charge in [-0.3, -0.25) is 14.3 Å². The summed E-state index contributed by atoms with van der Waals surface area (Å²) in [5.74, 6) is 0. The van der Waals surface area contributed by atoms with Crippen molar-refractivity contribution in [3.8, 4) is 0 Å². The summed E-state index contributed by atoms with van der Waals surface area (Å²) in [7, 11) is 0. The number of fused-ring (bicyclic) bond motifs is 2. The molecule has 1 N–H and O–H groups in total. The minimum Gasteiger partial charge on any atom is -0.358 e. The van der Waals surface area contributed by atoms with Crippen molar-refractivity contribution in [1.82, 2.24) is 19.5 Å². The monoisotopic (exact) mass is 332 g/mol. The summed E-state index contributed by atoms with van der Waals surface area (Å²) in [4.78, 5) is 24.5. The third-order valence-electron chi connectivity index (χ3n) is 5.06. The van der Waals surface area contributed by atoms with Gasteiger partial charge in [0.05, 0.1) is 23.4 Å². The lowest BCUT2D eigenvalue weighted by Crippen LogP contribution is -2.21. The molecule has 0 unspecified atom stereocenters. The molecule has 0 radical (unpaired) electrons. The molecule has 3 aromatic heterocycles. The van der Waals surface area contributed by atoms with Crippen LogP contribution in [0.15, 0.2) is 41.7 Å². The topological polar surface area (TPSA) is 63.6 Å². The highest BCUT2D eigenvalue weighted by Crippen LogP contribution is 2.27. The minimum atomic E-state index is -0.0167. The Hall–Kier alpha value is -2.95. The molecule has 3 heterocycles. The lowest BCUT2D eigenvalue weighted by molar-refractivity contribution is 0.662. The largest absolute Gasteiger partial charge is 0.358 e. The highest BCUT2D eigenvalue weighted by molar-refractivity contribution is 5.88. The summed E-state index contributed by atoms with van der Waals surface area (Å²) in [5, 5.41) is 1.85. The van der Waals surface area contributed by atoms with Gasteiger partial charge in [0.15, 0.2) is 0 Å². The zero-order chi connectivity index (χ0) is 17.6. The van der Waals surface area contributed by atoms with Crippen molar-refractivity contribution in [1.29, 1.82) is 0 Å². The van der Waals surface area contributed by atoms with E-state index in [4.69, 9.17) is 0 Å². The first-order valence-electron chi connectivity index (χ1n) is 8.43. The fraction of sp³-hybridized carbons (Fsp3) is 0.250. The van der Waals surface area contributed by atoms with Crippen molar-refractivity contribution in [2.24, 2.45) is 0 Å². The van der Waals surface area contributed by atoms with E-state index in [0.717, 1.165) is 12.1 Å². The van der Waals surface area contributed by atoms with Gasteiger partial charge in [-0.1, -0.05) is 12.1 Å². The van der Waals surface area contributed by atoms with Crippen LogP contribution in [0.1, 0.15) is 22.4 Å². The molecular formula is C20H20N4O. The van der Waals surface area contributed by atoms with Gasteiger partial charge in [0, 0.05) is 29.3 Å². The molecule has 5 heteroatoms. The maximum Gasteiger partial charge on any atom is 0.261 e. The number of hydrogen-bond donors (Lipinski definition) is 1. The number of pyridine rings is 1. The molecule has 0 aliphatic rings. The molecule has 0 amide bonds. The van der Waals surface area contributed by atoms with Crippen LogP contribution in [0, 0.1) is 20.8 Å². The zero-order valence-corrected chi connectivity index (χ0v) is 14.6. The molecule has 5 nitrogen and oxygen atoms in total. The van der Waals surface area contributed by atoms with E-state index in [0.29, 0.717) is 17.4 Å². The number of nitrogens with zero attached hydrogens (tertiary/aromatic N) is 3. The maximum absolute atomic E-state index is 12.6. The van der Waals surface area contributed by atoms with Crippen LogP contribution in [0.3, 0.4) is 0 Å². The van der Waals surface area contributed by atoms with Crippen molar-refractivity contribution in [2.75, 3.05) is 0 Å². The van der Waals surface area contributed by atoms with Crippen LogP contribution < -0.4 is 5.56 Å². The van der Waals surface area contributed by atoms with Crippen LogP contribution in [0.5, 0.6) is 0 Å². The average Bonchev–Trinajstić information content (AvgIpc) is 2.94. The second kappa shape index (κ2) is 5.84. The van der Waals surface area contributed by atoms with Gasteiger partial charge in [-0.25, -0.2) is 4.98 Å². The van der Waals surface area contributed by atoms with Gasteiger partial charge < -0.3 is 4.98 Å². The number of aromatic amines is 1. The Bertz CT molecular complexity index is 1150. The van der Waals surface area contributed by atoms with Gasteiger partial charge in [-0.15, -0.1) is 0 Å². The highest BCUT2D eigenvalue weighted by atomic mass is 16.1. The Kier molecular flexibility index (Phi) is 3.64. The highest BCUT2D eigenvalue weighted by Gasteiger charge is 2.12. The molecule has 0 bridgehead atoms. The predicted octanol–water partition coefficient (Wildman–Crippen LogP) is 3.44. The molecule has 0 aliphatic heterocycles. The van der Waals surface area contributed by atoms with Gasteiger partial charge in [0.2, 0.25) is 0 Å². The van der Waals surface area contributed by atoms with Crippen LogP contribution in [0.4, 0.5) is 0 Å². The van der Waals surface area contributed by atoms with Gasteiger partial charge >= 0.3 is 0 Å². The molecule has 4 rings (SSSR count). The number of H-pyrrole nitrogens is 1. The van der Waals surface area contributed by atoms with Crippen molar-refractivity contribution in [3.05, 3.63) is 69.7 Å². The Labute approximate surface area is 145 Å². The summed E-state index contributed by atoms with van der Waals surface area (Å²) in [6, 6.07) is 6.05. The molecule has 1 aromatic carbocycles. The minimum absolute atomic E-state index is 0.0167. The first-order valence-corrected chi connectivity index (χ1v) is 8.43. The fourth-order valence-electron chi connectivity index (χ4n) is 3.42. The number of hydrogen-bond acceptors (Lipinski definition) is 3. The van der Waals surface area contributed by atoms with E-state index < -0.39 is 0 Å². The molecule has 0 aliphatic carbocycles. The van der Waals surface area contributed by atoms with Gasteiger partial charge in [0.1, 0.15) is 0 Å². The summed E-state index contributed by atoms with van der Waals surface area (Å²) in [5.41, 5.74) is 6.81. The smallest absolute Gasteiger partial charge is 0.261 e. The first kappa shape index (κ1) is 15.6. The van der Waals surface area contributed by atoms with Gasteiger partial charge in [-0.05, 0) is 49.9 Å². The lowest BCUT2D eigenvalue weighted by atomic mass is 10.0. The van der Waals surface area contributed by atoms with Gasteiger partial charge in [0.25, 0.3) is 5.56 Å². The fourth-order valence-corrected chi connectivity index (χ4v) is 3.42. The average molecular weight is 332 g/mol. The number of aryl methyl sites for hydroxylation is 5. The molecule has 0 fully saturated rings. The van der Waals surface area contributed by atoms with E-state index in [1.165, 1.54) is 27.6 Å². The molecule has 126 valence electrons. The maximum atomic E-state index is 12.6. The van der Waals surface area contributed by atoms with Crippen LogP contribution in [-0.4, -0.2) is 19.5 Å². The van der Waals surface area contributed by atoms with E-state index in [9.17, 15) is 4.79 Å². The van der Waals surface area contributed by atoms with E-state index in [1.54, 1.807) is 29.4 Å². The Morgan fingerprint density at radius 1 is 1.12 bits per heavy atom. The summed E-state index contributed by atoms with van der Waals surface area (Å²) >= 11 is 0. The molecule has 0 spiro atoms. The van der Waals surface area contributed by atoms with Crippen molar-refractivity contribution in [2.45, 2.75) is 33.7 Å². The van der Waals surface area contributed by atoms with E-state index in [2.05, 4.69) is 47.9 Å². The third-order valence-corrected chi connectivity index (χ3v) is 5.06. The normalized spacial score (nSPS) is 11.5. The zero-order valence-electron chi connectivity index (χ0n) is 14.6. The quantitative estimate of drug-likeness (QED) is 0.625. The molecular weight excluding hydrogens is 312 g/mol. The van der Waals surface area contributed by atoms with E-state index in [-0.39, 0.29) is 5.56 Å². The van der Waals surface area contributed by atoms with Crippen LogP contribution in [-0.2, 0) is 13.0 Å². The molecule has 25 heavy (non-hydrogen) atoms. The van der Waals surface area contributed by atoms with Crippen molar-refractivity contribution in [3.63, 3.8) is 0 Å². The number of nitrogens with one attached hydrogen (secondary N) is 1. The second-order valence-corrected chi connectivity index (χ2v) is 6.54. The van der Waals surface area contributed by atoms with Crippen molar-refractivity contribution >= 4 is 21.8 Å². The molecule has 0 saturated heterocycles. The second-order valence-electron chi connectivity index (χ2n) is 6.54. The van der Waals surface area contributed by atoms with Crippen LogP contribution in [0.25, 0.3) is 21.8 Å². The Morgan fingerprint density at radius 3 is 2.80 bits per heavy atom. The van der Waals surface area contributed by atoms with Crippen molar-refractivity contribution < 1.29 is 0 Å². The third kappa shape index (κ3) is 2.52. The van der Waals surface area contributed by atoms with E-state index in [1.807, 2.05) is 0 Å². The first-order chi connectivity index (χ1) is 12.1.